The van der Waals surface area contributed by atoms with E-state index in [1.54, 1.807) is 23.8 Å². The highest BCUT2D eigenvalue weighted by atomic mass is 79.9. The average Bonchev–Trinajstić information content (AvgIpc) is 2.78. The molecule has 0 unspecified atom stereocenters. The molecule has 0 atom stereocenters. The molecule has 5 heteroatoms. The number of carbonyl (C=O) groups is 1. The van der Waals surface area contributed by atoms with E-state index in [1.165, 1.54) is 18.3 Å². The van der Waals surface area contributed by atoms with E-state index >= 15 is 0 Å². The molecule has 0 saturated carbocycles. The molecule has 0 spiro atoms. The zero-order valence-electron chi connectivity index (χ0n) is 9.14. The first-order chi connectivity index (χ1) is 8.16. The van der Waals surface area contributed by atoms with E-state index in [9.17, 15) is 4.79 Å². The van der Waals surface area contributed by atoms with Gasteiger partial charge in [0.25, 0.3) is 0 Å². The Kier molecular flexibility index (Phi) is 3.91. The lowest BCUT2D eigenvalue weighted by Gasteiger charge is -2.09. The van der Waals surface area contributed by atoms with Crippen molar-refractivity contribution in [3.63, 3.8) is 0 Å². The van der Waals surface area contributed by atoms with E-state index in [1.807, 2.05) is 6.07 Å². The Morgan fingerprint density at radius 2 is 2.35 bits per heavy atom. The van der Waals surface area contributed by atoms with Gasteiger partial charge in [0.2, 0.25) is 0 Å². The predicted molar refractivity (Wildman–Crippen MR) is 70.6 cm³/mol. The lowest BCUT2D eigenvalue weighted by molar-refractivity contribution is 0.101. The van der Waals surface area contributed by atoms with Gasteiger partial charge in [-0.1, -0.05) is 15.9 Å². The van der Waals surface area contributed by atoms with Crippen LogP contribution < -0.4 is 4.74 Å². The van der Waals surface area contributed by atoms with Crippen molar-refractivity contribution < 1.29 is 9.53 Å². The molecule has 0 aliphatic carbocycles. The maximum absolute atomic E-state index is 11.4. The number of hydrogen-bond donors (Lipinski definition) is 0. The lowest BCUT2D eigenvalue weighted by atomic mass is 10.1. The van der Waals surface area contributed by atoms with Gasteiger partial charge in [0.05, 0.1) is 16.0 Å². The van der Waals surface area contributed by atoms with Crippen LogP contribution in [0.5, 0.6) is 5.75 Å². The molecule has 0 radical (unpaired) electrons. The number of carbonyl (C=O) groups excluding carboxylic acids is 1. The standard InChI is InChI=1S/C12H10BrNO2S/c1-8(15)11-3-2-9(13)4-12(11)16-6-10-5-14-7-17-10/h2-5,7H,6H2,1H3. The number of rotatable bonds is 4. The third-order valence-corrected chi connectivity index (χ3v) is 3.42. The van der Waals surface area contributed by atoms with Gasteiger partial charge in [0.15, 0.2) is 5.78 Å². The molecule has 0 amide bonds. The van der Waals surface area contributed by atoms with E-state index in [0.29, 0.717) is 17.9 Å². The predicted octanol–water partition coefficient (Wildman–Crippen LogP) is 3.69. The number of Topliss-reactive ketones (excluding diaryl/α,β-unsaturated/α-hetero) is 1. The van der Waals surface area contributed by atoms with E-state index in [0.717, 1.165) is 9.35 Å². The molecule has 0 fully saturated rings. The molecule has 1 aromatic carbocycles. The molecule has 0 saturated heterocycles. The van der Waals surface area contributed by atoms with Crippen LogP contribution >= 0.6 is 27.3 Å². The number of benzene rings is 1. The molecule has 17 heavy (non-hydrogen) atoms. The Balaban J connectivity index is 2.19. The number of nitrogens with zero attached hydrogens (tertiary/aromatic N) is 1. The second kappa shape index (κ2) is 5.42. The van der Waals surface area contributed by atoms with Crippen molar-refractivity contribution in [3.8, 4) is 5.75 Å². The summed E-state index contributed by atoms with van der Waals surface area (Å²) in [6.45, 7) is 1.96. The largest absolute Gasteiger partial charge is 0.487 e. The number of halogens is 1. The Labute approximate surface area is 112 Å². The summed E-state index contributed by atoms with van der Waals surface area (Å²) >= 11 is 4.89. The van der Waals surface area contributed by atoms with Crippen molar-refractivity contribution >= 4 is 33.0 Å². The monoisotopic (exact) mass is 311 g/mol. The molecular formula is C12H10BrNO2S. The van der Waals surface area contributed by atoms with E-state index in [2.05, 4.69) is 20.9 Å². The first-order valence-electron chi connectivity index (χ1n) is 4.97. The van der Waals surface area contributed by atoms with Crippen LogP contribution in [-0.4, -0.2) is 10.8 Å². The summed E-state index contributed by atoms with van der Waals surface area (Å²) in [5, 5.41) is 0. The van der Waals surface area contributed by atoms with Crippen LogP contribution in [0.2, 0.25) is 0 Å². The van der Waals surface area contributed by atoms with E-state index in [4.69, 9.17) is 4.74 Å². The number of ketones is 1. The van der Waals surface area contributed by atoms with Crippen LogP contribution in [0, 0.1) is 0 Å². The summed E-state index contributed by atoms with van der Waals surface area (Å²) in [6, 6.07) is 5.39. The van der Waals surface area contributed by atoms with Crippen LogP contribution in [0.15, 0.2) is 34.4 Å². The summed E-state index contributed by atoms with van der Waals surface area (Å²) in [4.78, 5) is 16.4. The fourth-order valence-electron chi connectivity index (χ4n) is 1.37. The SMILES string of the molecule is CC(=O)c1ccc(Br)cc1OCc1cncs1. The van der Waals surface area contributed by atoms with Crippen LogP contribution in [0.25, 0.3) is 0 Å². The Morgan fingerprint density at radius 3 is 3.00 bits per heavy atom. The van der Waals surface area contributed by atoms with Gasteiger partial charge < -0.3 is 4.74 Å². The topological polar surface area (TPSA) is 39.2 Å². The summed E-state index contributed by atoms with van der Waals surface area (Å²) in [6.07, 6.45) is 1.76. The minimum Gasteiger partial charge on any atom is -0.487 e. The molecule has 2 aromatic rings. The Hall–Kier alpha value is -1.20. The van der Waals surface area contributed by atoms with Gasteiger partial charge in [-0.2, -0.15) is 0 Å². The lowest BCUT2D eigenvalue weighted by Crippen LogP contribution is -2.00. The van der Waals surface area contributed by atoms with Crippen molar-refractivity contribution in [2.45, 2.75) is 13.5 Å². The fourth-order valence-corrected chi connectivity index (χ4v) is 2.21. The zero-order chi connectivity index (χ0) is 12.3. The van der Waals surface area contributed by atoms with Crippen LogP contribution in [0.4, 0.5) is 0 Å². The third-order valence-electron chi connectivity index (χ3n) is 2.18. The minimum absolute atomic E-state index is 0.00296. The zero-order valence-corrected chi connectivity index (χ0v) is 11.5. The maximum Gasteiger partial charge on any atom is 0.163 e. The normalized spacial score (nSPS) is 10.2. The average molecular weight is 312 g/mol. The fraction of sp³-hybridized carbons (Fsp3) is 0.167. The number of ether oxygens (including phenoxy) is 1. The van der Waals surface area contributed by atoms with Crippen molar-refractivity contribution in [2.75, 3.05) is 0 Å². The summed E-state index contributed by atoms with van der Waals surface area (Å²) < 4.78 is 6.53. The van der Waals surface area contributed by atoms with Gasteiger partial charge in [-0.05, 0) is 25.1 Å². The minimum atomic E-state index is -0.00296. The second-order valence-corrected chi connectivity index (χ2v) is 5.34. The van der Waals surface area contributed by atoms with Gasteiger partial charge in [-0.15, -0.1) is 11.3 Å². The van der Waals surface area contributed by atoms with Gasteiger partial charge >= 0.3 is 0 Å². The summed E-state index contributed by atoms with van der Waals surface area (Å²) in [7, 11) is 0. The highest BCUT2D eigenvalue weighted by molar-refractivity contribution is 9.10. The van der Waals surface area contributed by atoms with Crippen LogP contribution in [0.3, 0.4) is 0 Å². The van der Waals surface area contributed by atoms with Crippen molar-refractivity contribution in [2.24, 2.45) is 0 Å². The van der Waals surface area contributed by atoms with Gasteiger partial charge in [-0.25, -0.2) is 0 Å². The smallest absolute Gasteiger partial charge is 0.163 e. The summed E-state index contributed by atoms with van der Waals surface area (Å²) in [5.41, 5.74) is 2.35. The number of thiazole rings is 1. The molecule has 0 aliphatic rings. The molecule has 3 nitrogen and oxygen atoms in total. The molecule has 0 bridgehead atoms. The molecular weight excluding hydrogens is 302 g/mol. The second-order valence-electron chi connectivity index (χ2n) is 3.45. The van der Waals surface area contributed by atoms with Gasteiger partial charge in [0, 0.05) is 10.7 Å². The maximum atomic E-state index is 11.4. The quantitative estimate of drug-likeness (QED) is 0.808. The van der Waals surface area contributed by atoms with E-state index < -0.39 is 0 Å². The third kappa shape index (κ3) is 3.14. The Bertz CT molecular complexity index is 525. The van der Waals surface area contributed by atoms with Crippen molar-refractivity contribution in [1.29, 1.82) is 0 Å². The molecule has 2 rings (SSSR count). The van der Waals surface area contributed by atoms with Gasteiger partial charge in [0.1, 0.15) is 12.4 Å². The first kappa shape index (κ1) is 12.3. The van der Waals surface area contributed by atoms with Crippen LogP contribution in [-0.2, 0) is 6.61 Å². The van der Waals surface area contributed by atoms with Crippen LogP contribution in [0.1, 0.15) is 22.2 Å². The highest BCUT2D eigenvalue weighted by Gasteiger charge is 2.09. The summed E-state index contributed by atoms with van der Waals surface area (Å²) in [5.74, 6) is 0.595. The first-order valence-corrected chi connectivity index (χ1v) is 6.65. The molecule has 88 valence electrons. The van der Waals surface area contributed by atoms with Gasteiger partial charge in [-0.3, -0.25) is 9.78 Å². The Morgan fingerprint density at radius 1 is 1.53 bits per heavy atom. The van der Waals surface area contributed by atoms with Crippen molar-refractivity contribution in [3.05, 3.63) is 44.8 Å². The number of aromatic nitrogens is 1. The molecule has 1 heterocycles. The highest BCUT2D eigenvalue weighted by Crippen LogP contribution is 2.25. The molecule has 1 aromatic heterocycles. The number of hydrogen-bond acceptors (Lipinski definition) is 4. The van der Waals surface area contributed by atoms with E-state index in [-0.39, 0.29) is 5.78 Å². The molecule has 0 aliphatic heterocycles. The van der Waals surface area contributed by atoms with Crippen molar-refractivity contribution in [1.82, 2.24) is 4.98 Å². The molecule has 0 N–H and O–H groups in total.